The monoisotopic (exact) mass is 243 g/mol. The van der Waals surface area contributed by atoms with Crippen molar-refractivity contribution in [2.24, 2.45) is 0 Å². The number of esters is 1. The Bertz CT molecular complexity index is 487. The number of carbonyl (C=O) groups excluding carboxylic acids is 1. The fourth-order valence-corrected chi connectivity index (χ4v) is 1.61. The maximum Gasteiger partial charge on any atom is 0.339 e. The van der Waals surface area contributed by atoms with Crippen LogP contribution in [0, 0.1) is 0 Å². The number of carbonyl (C=O) groups is 1. The van der Waals surface area contributed by atoms with E-state index in [4.69, 9.17) is 4.74 Å². The van der Waals surface area contributed by atoms with Crippen LogP contribution in [0.2, 0.25) is 0 Å². The second kappa shape index (κ2) is 7.22. The van der Waals surface area contributed by atoms with Crippen molar-refractivity contribution in [3.05, 3.63) is 66.0 Å². The van der Waals surface area contributed by atoms with Gasteiger partial charge in [-0.2, -0.15) is 0 Å². The van der Waals surface area contributed by atoms with Crippen molar-refractivity contribution in [3.8, 4) is 0 Å². The highest BCUT2D eigenvalue weighted by Crippen LogP contribution is 2.13. The van der Waals surface area contributed by atoms with Gasteiger partial charge in [0.15, 0.2) is 0 Å². The van der Waals surface area contributed by atoms with Crippen molar-refractivity contribution < 1.29 is 9.53 Å². The highest BCUT2D eigenvalue weighted by molar-refractivity contribution is 5.90. The van der Waals surface area contributed by atoms with Crippen molar-refractivity contribution in [2.75, 3.05) is 7.11 Å². The van der Waals surface area contributed by atoms with Gasteiger partial charge in [0, 0.05) is 12.6 Å². The molecular formula is C15H17NO2. The Hall–Kier alpha value is -2.16. The van der Waals surface area contributed by atoms with E-state index in [0.717, 1.165) is 5.57 Å². The van der Waals surface area contributed by atoms with Gasteiger partial charge in [0.05, 0.1) is 18.4 Å². The zero-order chi connectivity index (χ0) is 13.4. The highest BCUT2D eigenvalue weighted by Gasteiger charge is 2.12. The minimum Gasteiger partial charge on any atom is -0.465 e. The maximum absolute atomic E-state index is 11.6. The van der Waals surface area contributed by atoms with Crippen LogP contribution in [0.25, 0.3) is 0 Å². The maximum atomic E-state index is 11.6. The first kappa shape index (κ1) is 13.9. The minimum atomic E-state index is -0.364. The molecule has 0 atom stereocenters. The van der Waals surface area contributed by atoms with E-state index in [1.807, 2.05) is 25.2 Å². The third-order valence-corrected chi connectivity index (χ3v) is 2.38. The molecule has 1 heterocycles. The Kier molecular flexibility index (Phi) is 5.58. The van der Waals surface area contributed by atoms with E-state index in [1.54, 1.807) is 24.4 Å². The quantitative estimate of drug-likeness (QED) is 0.589. The van der Waals surface area contributed by atoms with E-state index in [-0.39, 0.29) is 5.97 Å². The average Bonchev–Trinajstić information content (AvgIpc) is 2.39. The first-order chi connectivity index (χ1) is 8.72. The highest BCUT2D eigenvalue weighted by atomic mass is 16.5. The number of pyridine rings is 1. The number of hydrogen-bond acceptors (Lipinski definition) is 3. The summed E-state index contributed by atoms with van der Waals surface area (Å²) in [7, 11) is 1.37. The largest absolute Gasteiger partial charge is 0.465 e. The van der Waals surface area contributed by atoms with E-state index in [0.29, 0.717) is 17.7 Å². The van der Waals surface area contributed by atoms with Gasteiger partial charge in [-0.1, -0.05) is 30.9 Å². The van der Waals surface area contributed by atoms with Crippen LogP contribution in [0.3, 0.4) is 0 Å². The van der Waals surface area contributed by atoms with Crippen LogP contribution >= 0.6 is 0 Å². The molecule has 0 bridgehead atoms. The lowest BCUT2D eigenvalue weighted by molar-refractivity contribution is 0.0599. The van der Waals surface area contributed by atoms with Gasteiger partial charge in [-0.25, -0.2) is 4.79 Å². The summed E-state index contributed by atoms with van der Waals surface area (Å²) in [6, 6.07) is 3.44. The molecule has 0 aliphatic carbocycles. The van der Waals surface area contributed by atoms with Crippen LogP contribution in [0.1, 0.15) is 23.0 Å². The van der Waals surface area contributed by atoms with Gasteiger partial charge >= 0.3 is 5.97 Å². The van der Waals surface area contributed by atoms with E-state index in [2.05, 4.69) is 11.6 Å². The summed E-state index contributed by atoms with van der Waals surface area (Å²) in [5.41, 5.74) is 2.24. The molecule has 94 valence electrons. The number of methoxy groups -OCH3 is 1. The Morgan fingerprint density at radius 2 is 2.33 bits per heavy atom. The molecule has 0 saturated heterocycles. The summed E-state index contributed by atoms with van der Waals surface area (Å²) in [6.45, 7) is 5.62. The Morgan fingerprint density at radius 1 is 1.56 bits per heavy atom. The number of rotatable bonds is 5. The van der Waals surface area contributed by atoms with Crippen LogP contribution in [0.5, 0.6) is 0 Å². The van der Waals surface area contributed by atoms with Crippen LogP contribution in [-0.4, -0.2) is 18.1 Å². The van der Waals surface area contributed by atoms with E-state index in [1.165, 1.54) is 7.11 Å². The molecule has 0 N–H and O–H groups in total. The zero-order valence-electron chi connectivity index (χ0n) is 10.7. The van der Waals surface area contributed by atoms with Gasteiger partial charge in [0.25, 0.3) is 0 Å². The lowest BCUT2D eigenvalue weighted by atomic mass is 10.0. The topological polar surface area (TPSA) is 39.2 Å². The second-order valence-electron chi connectivity index (χ2n) is 3.64. The molecule has 0 aliphatic rings. The molecule has 18 heavy (non-hydrogen) atoms. The van der Waals surface area contributed by atoms with Gasteiger partial charge in [0.2, 0.25) is 0 Å². The van der Waals surface area contributed by atoms with Crippen LogP contribution < -0.4 is 0 Å². The van der Waals surface area contributed by atoms with Gasteiger partial charge in [0.1, 0.15) is 0 Å². The molecule has 0 unspecified atom stereocenters. The molecule has 0 aromatic carbocycles. The molecule has 1 rings (SSSR count). The van der Waals surface area contributed by atoms with Crippen LogP contribution in [0.15, 0.2) is 54.8 Å². The smallest absolute Gasteiger partial charge is 0.339 e. The van der Waals surface area contributed by atoms with E-state index >= 15 is 0 Å². The normalized spacial score (nSPS) is 11.6. The molecule has 0 radical (unpaired) electrons. The van der Waals surface area contributed by atoms with E-state index in [9.17, 15) is 4.79 Å². The third-order valence-electron chi connectivity index (χ3n) is 2.38. The Labute approximate surface area is 108 Å². The summed E-state index contributed by atoms with van der Waals surface area (Å²) >= 11 is 0. The standard InChI is InChI=1S/C15H17NO2/c1-4-7-12(8-5-2)11-14-13(15(17)18-3)9-6-10-16-14/h4-10H,1,11H2,2-3H3/b8-5-,12-7+. The number of hydrogen-bond donors (Lipinski definition) is 0. The summed E-state index contributed by atoms with van der Waals surface area (Å²) < 4.78 is 4.74. The number of aromatic nitrogens is 1. The predicted molar refractivity (Wildman–Crippen MR) is 72.4 cm³/mol. The van der Waals surface area contributed by atoms with Gasteiger partial charge in [-0.05, 0) is 24.6 Å². The first-order valence-corrected chi connectivity index (χ1v) is 5.69. The number of allylic oxidation sites excluding steroid dienone is 5. The van der Waals surface area contributed by atoms with Crippen molar-refractivity contribution in [2.45, 2.75) is 13.3 Å². The van der Waals surface area contributed by atoms with Crippen molar-refractivity contribution in [1.82, 2.24) is 4.98 Å². The lowest BCUT2D eigenvalue weighted by Crippen LogP contribution is -2.07. The molecule has 1 aromatic heterocycles. The average molecular weight is 243 g/mol. The second-order valence-corrected chi connectivity index (χ2v) is 3.64. The molecule has 0 aliphatic heterocycles. The number of nitrogens with zero attached hydrogens (tertiary/aromatic N) is 1. The molecule has 0 amide bonds. The summed E-state index contributed by atoms with van der Waals surface area (Å²) in [4.78, 5) is 15.9. The fraction of sp³-hybridized carbons (Fsp3) is 0.200. The minimum absolute atomic E-state index is 0.364. The Morgan fingerprint density at radius 3 is 2.94 bits per heavy atom. The van der Waals surface area contributed by atoms with Gasteiger partial charge < -0.3 is 4.74 Å². The lowest BCUT2D eigenvalue weighted by Gasteiger charge is -2.07. The molecule has 0 spiro atoms. The zero-order valence-corrected chi connectivity index (χ0v) is 10.7. The SMILES string of the molecule is C=C/C=C(\C=C/C)Cc1ncccc1C(=O)OC. The van der Waals surface area contributed by atoms with Crippen LogP contribution in [-0.2, 0) is 11.2 Å². The fourth-order valence-electron chi connectivity index (χ4n) is 1.61. The molecule has 3 nitrogen and oxygen atoms in total. The number of ether oxygens (including phenoxy) is 1. The molecule has 1 aromatic rings. The Balaban J connectivity index is 3.06. The summed E-state index contributed by atoms with van der Waals surface area (Å²) in [5, 5.41) is 0. The van der Waals surface area contributed by atoms with Gasteiger partial charge in [-0.15, -0.1) is 0 Å². The predicted octanol–water partition coefficient (Wildman–Crippen LogP) is 3.10. The van der Waals surface area contributed by atoms with Crippen molar-refractivity contribution in [3.63, 3.8) is 0 Å². The molecule has 0 saturated carbocycles. The van der Waals surface area contributed by atoms with Gasteiger partial charge in [-0.3, -0.25) is 4.98 Å². The molecular weight excluding hydrogens is 226 g/mol. The van der Waals surface area contributed by atoms with Crippen molar-refractivity contribution >= 4 is 5.97 Å². The first-order valence-electron chi connectivity index (χ1n) is 5.69. The summed E-state index contributed by atoms with van der Waals surface area (Å²) in [5.74, 6) is -0.364. The summed E-state index contributed by atoms with van der Waals surface area (Å²) in [6.07, 6.45) is 9.77. The third kappa shape index (κ3) is 3.70. The molecule has 3 heteroatoms. The van der Waals surface area contributed by atoms with Crippen LogP contribution in [0.4, 0.5) is 0 Å². The van der Waals surface area contributed by atoms with E-state index < -0.39 is 0 Å². The molecule has 0 fully saturated rings. The van der Waals surface area contributed by atoms with Crippen molar-refractivity contribution in [1.29, 1.82) is 0 Å².